The molecule has 2 N–H and O–H groups in total. The molecular formula is C22H20F3N3O5. The molecule has 0 saturated heterocycles. The molecular weight excluding hydrogens is 443 g/mol. The molecule has 0 saturated carbocycles. The molecule has 0 radical (unpaired) electrons. The fraction of sp³-hybridized carbons (Fsp3) is 0.227. The number of alkyl halides is 3. The van der Waals surface area contributed by atoms with E-state index in [4.69, 9.17) is 9.84 Å². The highest BCUT2D eigenvalue weighted by atomic mass is 19.4. The maximum atomic E-state index is 13.0. The number of carboxylic acid groups (broad SMARTS) is 1. The van der Waals surface area contributed by atoms with Gasteiger partial charge in [-0.1, -0.05) is 18.2 Å². The summed E-state index contributed by atoms with van der Waals surface area (Å²) in [6.45, 7) is 3.31. The maximum Gasteiger partial charge on any atom is 0.573 e. The van der Waals surface area contributed by atoms with E-state index in [1.807, 2.05) is 0 Å². The second-order valence-electron chi connectivity index (χ2n) is 7.14. The van der Waals surface area contributed by atoms with Crippen LogP contribution >= 0.6 is 0 Å². The number of halogens is 3. The van der Waals surface area contributed by atoms with Crippen molar-refractivity contribution in [1.29, 1.82) is 0 Å². The van der Waals surface area contributed by atoms with E-state index < -0.39 is 30.0 Å². The van der Waals surface area contributed by atoms with Crippen LogP contribution in [0.4, 0.5) is 13.2 Å². The average molecular weight is 463 g/mol. The molecule has 33 heavy (non-hydrogen) atoms. The van der Waals surface area contributed by atoms with Gasteiger partial charge in [-0.2, -0.15) is 5.10 Å². The molecule has 8 nitrogen and oxygen atoms in total. The molecule has 11 heteroatoms. The molecule has 1 heterocycles. The molecule has 0 aliphatic rings. The first-order valence-electron chi connectivity index (χ1n) is 9.66. The standard InChI is InChI=1S/C22H20F3N3O5/c1-12(14-7-9-15(10-8-14)21(30)31)26-19(29)18-13(2)27-28(3)20(18)32-16-5-4-6-17(11-16)33-22(23,24)25/h4-12H,1-3H3,(H,26,29)(H,30,31)/t12-/m0/s1. The van der Waals surface area contributed by atoms with Crippen molar-refractivity contribution in [1.82, 2.24) is 15.1 Å². The number of hydrogen-bond donors (Lipinski definition) is 2. The first-order valence-corrected chi connectivity index (χ1v) is 9.66. The third kappa shape index (κ3) is 5.82. The highest BCUT2D eigenvalue weighted by Gasteiger charge is 2.31. The monoisotopic (exact) mass is 463 g/mol. The SMILES string of the molecule is Cc1nn(C)c(Oc2cccc(OC(F)(F)F)c2)c1C(=O)N[C@@H](C)c1ccc(C(=O)O)cc1. The van der Waals surface area contributed by atoms with Crippen LogP contribution in [0.3, 0.4) is 0 Å². The second-order valence-corrected chi connectivity index (χ2v) is 7.14. The molecule has 174 valence electrons. The number of aryl methyl sites for hydroxylation is 2. The number of aromatic carboxylic acids is 1. The van der Waals surface area contributed by atoms with Crippen LogP contribution in [0.1, 0.15) is 44.9 Å². The minimum atomic E-state index is -4.86. The van der Waals surface area contributed by atoms with Crippen LogP contribution in [0.25, 0.3) is 0 Å². The summed E-state index contributed by atoms with van der Waals surface area (Å²) in [4.78, 5) is 24.0. The van der Waals surface area contributed by atoms with Crippen molar-refractivity contribution in [2.75, 3.05) is 0 Å². The number of carbonyl (C=O) groups is 2. The molecule has 0 fully saturated rings. The number of nitrogens with zero attached hydrogens (tertiary/aromatic N) is 2. The first kappa shape index (κ1) is 23.6. The predicted octanol–water partition coefficient (Wildman–Crippen LogP) is 4.61. The molecule has 0 bridgehead atoms. The number of nitrogens with one attached hydrogen (secondary N) is 1. The topological polar surface area (TPSA) is 103 Å². The molecule has 0 unspecified atom stereocenters. The lowest BCUT2D eigenvalue weighted by molar-refractivity contribution is -0.274. The number of rotatable bonds is 7. The van der Waals surface area contributed by atoms with Gasteiger partial charge >= 0.3 is 12.3 Å². The van der Waals surface area contributed by atoms with E-state index in [0.717, 1.165) is 12.1 Å². The molecule has 0 aliphatic carbocycles. The van der Waals surface area contributed by atoms with Crippen molar-refractivity contribution in [2.45, 2.75) is 26.3 Å². The normalized spacial score (nSPS) is 12.2. The lowest BCUT2D eigenvalue weighted by Gasteiger charge is -2.16. The zero-order valence-corrected chi connectivity index (χ0v) is 17.8. The Morgan fingerprint density at radius 1 is 1.12 bits per heavy atom. The Morgan fingerprint density at radius 2 is 1.76 bits per heavy atom. The summed E-state index contributed by atoms with van der Waals surface area (Å²) < 4.78 is 48.4. The lowest BCUT2D eigenvalue weighted by Crippen LogP contribution is -2.27. The summed E-state index contributed by atoms with van der Waals surface area (Å²) >= 11 is 0. The van der Waals surface area contributed by atoms with Crippen LogP contribution in [-0.2, 0) is 7.05 Å². The maximum absolute atomic E-state index is 13.0. The Morgan fingerprint density at radius 3 is 2.36 bits per heavy atom. The summed E-state index contributed by atoms with van der Waals surface area (Å²) in [6, 6.07) is 10.5. The van der Waals surface area contributed by atoms with Gasteiger partial charge in [-0.25, -0.2) is 9.48 Å². The smallest absolute Gasteiger partial charge is 0.478 e. The van der Waals surface area contributed by atoms with Crippen LogP contribution in [-0.4, -0.2) is 33.1 Å². The summed E-state index contributed by atoms with van der Waals surface area (Å²) in [5.41, 5.74) is 1.25. The second kappa shape index (κ2) is 9.23. The Balaban J connectivity index is 1.81. The Bertz CT molecular complexity index is 1170. The van der Waals surface area contributed by atoms with Gasteiger partial charge in [0.2, 0.25) is 5.88 Å². The number of hydrogen-bond acceptors (Lipinski definition) is 5. The summed E-state index contributed by atoms with van der Waals surface area (Å²) in [6.07, 6.45) is -4.86. The largest absolute Gasteiger partial charge is 0.573 e. The Kier molecular flexibility index (Phi) is 6.61. The molecule has 0 spiro atoms. The van der Waals surface area contributed by atoms with Crippen LogP contribution in [0.15, 0.2) is 48.5 Å². The third-order valence-corrected chi connectivity index (χ3v) is 4.66. The van der Waals surface area contributed by atoms with E-state index >= 15 is 0 Å². The lowest BCUT2D eigenvalue weighted by atomic mass is 10.1. The van der Waals surface area contributed by atoms with Crippen LogP contribution in [0.5, 0.6) is 17.4 Å². The zero-order chi connectivity index (χ0) is 24.3. The van der Waals surface area contributed by atoms with E-state index in [2.05, 4.69) is 15.2 Å². The number of benzene rings is 2. The number of ether oxygens (including phenoxy) is 2. The van der Waals surface area contributed by atoms with Crippen molar-refractivity contribution in [3.05, 3.63) is 70.9 Å². The van der Waals surface area contributed by atoms with Gasteiger partial charge in [0.05, 0.1) is 17.3 Å². The van der Waals surface area contributed by atoms with Gasteiger partial charge in [0.15, 0.2) is 0 Å². The van der Waals surface area contributed by atoms with Gasteiger partial charge in [-0.15, -0.1) is 13.2 Å². The molecule has 0 aliphatic heterocycles. The van der Waals surface area contributed by atoms with Gasteiger partial charge < -0.3 is 19.9 Å². The minimum absolute atomic E-state index is 0.0195. The van der Waals surface area contributed by atoms with Crippen molar-refractivity contribution in [3.8, 4) is 17.4 Å². The third-order valence-electron chi connectivity index (χ3n) is 4.66. The van der Waals surface area contributed by atoms with Crippen LogP contribution in [0.2, 0.25) is 0 Å². The van der Waals surface area contributed by atoms with Gasteiger partial charge in [0.1, 0.15) is 17.1 Å². The molecule has 1 aromatic heterocycles. The minimum Gasteiger partial charge on any atom is -0.478 e. The molecule has 3 aromatic rings. The summed E-state index contributed by atoms with van der Waals surface area (Å²) in [5.74, 6) is -2.00. The predicted molar refractivity (Wildman–Crippen MR) is 110 cm³/mol. The van der Waals surface area contributed by atoms with Crippen molar-refractivity contribution < 1.29 is 37.3 Å². The van der Waals surface area contributed by atoms with E-state index in [-0.39, 0.29) is 22.8 Å². The number of carboxylic acids is 1. The van der Waals surface area contributed by atoms with Gasteiger partial charge in [0.25, 0.3) is 5.91 Å². The molecule has 1 amide bonds. The van der Waals surface area contributed by atoms with Crippen LogP contribution < -0.4 is 14.8 Å². The first-order chi connectivity index (χ1) is 15.4. The van der Waals surface area contributed by atoms with E-state index in [9.17, 15) is 22.8 Å². The number of carbonyl (C=O) groups excluding carboxylic acids is 1. The quantitative estimate of drug-likeness (QED) is 0.531. The highest BCUT2D eigenvalue weighted by molar-refractivity contribution is 5.98. The molecule has 2 aromatic carbocycles. The van der Waals surface area contributed by atoms with Crippen molar-refractivity contribution in [3.63, 3.8) is 0 Å². The fourth-order valence-electron chi connectivity index (χ4n) is 3.13. The zero-order valence-electron chi connectivity index (χ0n) is 17.8. The fourth-order valence-corrected chi connectivity index (χ4v) is 3.13. The van der Waals surface area contributed by atoms with Gasteiger partial charge in [-0.3, -0.25) is 4.79 Å². The summed E-state index contributed by atoms with van der Waals surface area (Å²) in [5, 5.41) is 16.0. The average Bonchev–Trinajstić information content (AvgIpc) is 2.99. The highest BCUT2D eigenvalue weighted by Crippen LogP contribution is 2.31. The van der Waals surface area contributed by atoms with E-state index in [1.165, 1.54) is 36.0 Å². The molecule has 1 atom stereocenters. The van der Waals surface area contributed by atoms with Gasteiger partial charge in [-0.05, 0) is 43.7 Å². The van der Waals surface area contributed by atoms with Crippen molar-refractivity contribution in [2.24, 2.45) is 7.05 Å². The van der Waals surface area contributed by atoms with E-state index in [1.54, 1.807) is 26.0 Å². The van der Waals surface area contributed by atoms with Crippen molar-refractivity contribution >= 4 is 11.9 Å². The number of amides is 1. The number of aromatic nitrogens is 2. The summed E-state index contributed by atoms with van der Waals surface area (Å²) in [7, 11) is 1.53. The van der Waals surface area contributed by atoms with E-state index in [0.29, 0.717) is 11.3 Å². The Hall–Kier alpha value is -4.02. The Labute approximate surface area is 186 Å². The van der Waals surface area contributed by atoms with Crippen LogP contribution in [0, 0.1) is 6.92 Å². The molecule has 3 rings (SSSR count). The van der Waals surface area contributed by atoms with Gasteiger partial charge in [0, 0.05) is 13.1 Å².